The van der Waals surface area contributed by atoms with E-state index in [1.54, 1.807) is 6.20 Å². The molecule has 1 saturated heterocycles. The number of fused-ring (bicyclic) bond motifs is 1. The molecule has 1 aliphatic rings. The van der Waals surface area contributed by atoms with E-state index in [2.05, 4.69) is 22.0 Å². The van der Waals surface area contributed by atoms with Crippen LogP contribution in [-0.2, 0) is 11.3 Å². The summed E-state index contributed by atoms with van der Waals surface area (Å²) in [6.45, 7) is 2.93. The van der Waals surface area contributed by atoms with Crippen LogP contribution in [0.2, 0.25) is 0 Å². The van der Waals surface area contributed by atoms with E-state index >= 15 is 0 Å². The largest absolute Gasteiger partial charge is 0.354 e. The van der Waals surface area contributed by atoms with E-state index in [9.17, 15) is 13.6 Å². The second-order valence-corrected chi connectivity index (χ2v) is 5.80. The lowest BCUT2D eigenvalue weighted by atomic mass is 9.91. The lowest BCUT2D eigenvalue weighted by Gasteiger charge is -2.34. The van der Waals surface area contributed by atoms with Crippen molar-refractivity contribution in [2.45, 2.75) is 26.3 Å². The van der Waals surface area contributed by atoms with Gasteiger partial charge >= 0.3 is 0 Å². The van der Waals surface area contributed by atoms with Gasteiger partial charge in [-0.2, -0.15) is 5.10 Å². The number of piperidine rings is 1. The van der Waals surface area contributed by atoms with Crippen LogP contribution in [0.25, 0.3) is 11.2 Å². The van der Waals surface area contributed by atoms with Crippen LogP contribution in [0.15, 0.2) is 12.4 Å². The van der Waals surface area contributed by atoms with Crippen LogP contribution in [0.3, 0.4) is 0 Å². The van der Waals surface area contributed by atoms with Gasteiger partial charge in [-0.15, -0.1) is 0 Å². The standard InChI is InChI=1S/C14H17F2N5O/c1-9-2-10(8-22)6-20(5-9)13-4-17-11-3-18-21(7-12(15)16)14(11)19-13/h3-4,8-10,12H,2,5-7H2,1H3/t9-,10+/m1/s1. The zero-order chi connectivity index (χ0) is 15.7. The molecule has 6 nitrogen and oxygen atoms in total. The van der Waals surface area contributed by atoms with Crippen LogP contribution in [0.4, 0.5) is 14.6 Å². The molecule has 8 heteroatoms. The van der Waals surface area contributed by atoms with E-state index in [0.717, 1.165) is 19.3 Å². The van der Waals surface area contributed by atoms with Gasteiger partial charge in [0, 0.05) is 19.0 Å². The van der Waals surface area contributed by atoms with Gasteiger partial charge in [0.15, 0.2) is 5.65 Å². The van der Waals surface area contributed by atoms with Gasteiger partial charge < -0.3 is 9.69 Å². The van der Waals surface area contributed by atoms with Crippen molar-refractivity contribution in [3.63, 3.8) is 0 Å². The van der Waals surface area contributed by atoms with Crippen molar-refractivity contribution in [2.75, 3.05) is 18.0 Å². The number of hydrogen-bond acceptors (Lipinski definition) is 5. The second kappa shape index (κ2) is 5.94. The number of aldehydes is 1. The third kappa shape index (κ3) is 2.90. The molecule has 0 amide bonds. The number of hydrogen-bond donors (Lipinski definition) is 0. The minimum Gasteiger partial charge on any atom is -0.354 e. The van der Waals surface area contributed by atoms with Crippen LogP contribution in [0.5, 0.6) is 0 Å². The van der Waals surface area contributed by atoms with Gasteiger partial charge in [0.05, 0.1) is 12.4 Å². The Morgan fingerprint density at radius 1 is 1.41 bits per heavy atom. The highest BCUT2D eigenvalue weighted by atomic mass is 19.3. The molecule has 0 bridgehead atoms. The molecule has 2 atom stereocenters. The van der Waals surface area contributed by atoms with Gasteiger partial charge in [-0.25, -0.2) is 23.4 Å². The Kier molecular flexibility index (Phi) is 4.00. The molecule has 22 heavy (non-hydrogen) atoms. The summed E-state index contributed by atoms with van der Waals surface area (Å²) in [5, 5.41) is 3.90. The summed E-state index contributed by atoms with van der Waals surface area (Å²) in [5.74, 6) is 0.932. The summed E-state index contributed by atoms with van der Waals surface area (Å²) < 4.78 is 26.3. The quantitative estimate of drug-likeness (QED) is 0.805. The number of halogens is 2. The van der Waals surface area contributed by atoms with Crippen molar-refractivity contribution in [1.82, 2.24) is 19.7 Å². The van der Waals surface area contributed by atoms with Crippen LogP contribution in [0.1, 0.15) is 13.3 Å². The van der Waals surface area contributed by atoms with E-state index in [-0.39, 0.29) is 5.92 Å². The first-order valence-corrected chi connectivity index (χ1v) is 7.23. The predicted molar refractivity (Wildman–Crippen MR) is 76.9 cm³/mol. The monoisotopic (exact) mass is 309 g/mol. The van der Waals surface area contributed by atoms with E-state index < -0.39 is 13.0 Å². The zero-order valence-electron chi connectivity index (χ0n) is 12.2. The molecule has 118 valence electrons. The third-order valence-electron chi connectivity index (χ3n) is 3.85. The molecular formula is C14H17F2N5O. The Morgan fingerprint density at radius 3 is 2.95 bits per heavy atom. The maximum Gasteiger partial charge on any atom is 0.258 e. The molecule has 0 saturated carbocycles. The number of alkyl halides is 2. The molecule has 0 aromatic carbocycles. The van der Waals surface area contributed by atoms with E-state index in [4.69, 9.17) is 0 Å². The Hall–Kier alpha value is -2.12. The maximum atomic E-state index is 12.6. The summed E-state index contributed by atoms with van der Waals surface area (Å²) in [7, 11) is 0. The summed E-state index contributed by atoms with van der Waals surface area (Å²) >= 11 is 0. The molecule has 0 aliphatic carbocycles. The predicted octanol–water partition coefficient (Wildman–Crippen LogP) is 1.75. The van der Waals surface area contributed by atoms with Crippen molar-refractivity contribution in [2.24, 2.45) is 11.8 Å². The molecule has 0 N–H and O–H groups in total. The molecular weight excluding hydrogens is 292 g/mol. The number of anilines is 1. The van der Waals surface area contributed by atoms with Crippen LogP contribution in [0, 0.1) is 11.8 Å². The van der Waals surface area contributed by atoms with Crippen LogP contribution >= 0.6 is 0 Å². The Bertz CT molecular complexity index is 674. The third-order valence-corrected chi connectivity index (χ3v) is 3.85. The van der Waals surface area contributed by atoms with Crippen molar-refractivity contribution in [3.05, 3.63) is 12.4 Å². The van der Waals surface area contributed by atoms with Crippen LogP contribution in [-0.4, -0.2) is 45.5 Å². The average Bonchev–Trinajstić information content (AvgIpc) is 2.88. The number of aromatic nitrogens is 4. The fraction of sp³-hybridized carbons (Fsp3) is 0.571. The van der Waals surface area contributed by atoms with Crippen molar-refractivity contribution < 1.29 is 13.6 Å². The molecule has 3 heterocycles. The second-order valence-electron chi connectivity index (χ2n) is 5.80. The minimum atomic E-state index is -2.50. The Labute approximate surface area is 126 Å². The minimum absolute atomic E-state index is 0.0350. The molecule has 0 radical (unpaired) electrons. The van der Waals surface area contributed by atoms with Gasteiger partial charge in [-0.05, 0) is 12.3 Å². The number of carbonyl (C=O) groups excluding carboxylic acids is 1. The van der Waals surface area contributed by atoms with Gasteiger partial charge in [-0.3, -0.25) is 0 Å². The van der Waals surface area contributed by atoms with E-state index in [1.165, 1.54) is 10.9 Å². The molecule has 2 aromatic rings. The maximum absolute atomic E-state index is 12.6. The summed E-state index contributed by atoms with van der Waals surface area (Å²) in [5.41, 5.74) is 0.833. The van der Waals surface area contributed by atoms with Gasteiger partial charge in [-0.1, -0.05) is 6.92 Å². The van der Waals surface area contributed by atoms with Gasteiger partial charge in [0.1, 0.15) is 24.2 Å². The highest BCUT2D eigenvalue weighted by molar-refractivity contribution is 5.71. The Morgan fingerprint density at radius 2 is 2.23 bits per heavy atom. The number of carbonyl (C=O) groups is 1. The highest BCUT2D eigenvalue weighted by Crippen LogP contribution is 2.25. The summed E-state index contributed by atoms with van der Waals surface area (Å²) in [6, 6.07) is 0. The molecule has 2 aromatic heterocycles. The lowest BCUT2D eigenvalue weighted by molar-refractivity contribution is -0.111. The van der Waals surface area contributed by atoms with Crippen LogP contribution < -0.4 is 4.90 Å². The Balaban J connectivity index is 1.91. The van der Waals surface area contributed by atoms with Crippen molar-refractivity contribution >= 4 is 23.3 Å². The topological polar surface area (TPSA) is 63.9 Å². The summed E-state index contributed by atoms with van der Waals surface area (Å²) in [4.78, 5) is 21.7. The van der Waals surface area contributed by atoms with E-state index in [1.807, 2.05) is 4.90 Å². The van der Waals surface area contributed by atoms with Crippen molar-refractivity contribution in [1.29, 1.82) is 0 Å². The first kappa shape index (κ1) is 14.8. The number of nitrogens with zero attached hydrogens (tertiary/aromatic N) is 5. The average molecular weight is 309 g/mol. The molecule has 1 aliphatic heterocycles. The lowest BCUT2D eigenvalue weighted by Crippen LogP contribution is -2.40. The smallest absolute Gasteiger partial charge is 0.258 e. The number of rotatable bonds is 4. The van der Waals surface area contributed by atoms with Gasteiger partial charge in [0.25, 0.3) is 6.43 Å². The summed E-state index contributed by atoms with van der Waals surface area (Å²) in [6.07, 6.45) is 2.37. The first-order chi connectivity index (χ1) is 10.6. The normalized spacial score (nSPS) is 22.5. The molecule has 0 spiro atoms. The molecule has 3 rings (SSSR count). The fourth-order valence-electron chi connectivity index (χ4n) is 2.94. The first-order valence-electron chi connectivity index (χ1n) is 7.23. The zero-order valence-corrected chi connectivity index (χ0v) is 12.2. The van der Waals surface area contributed by atoms with Gasteiger partial charge in [0.2, 0.25) is 0 Å². The molecule has 0 unspecified atom stereocenters. The fourth-order valence-corrected chi connectivity index (χ4v) is 2.94. The van der Waals surface area contributed by atoms with E-state index in [0.29, 0.717) is 29.4 Å². The highest BCUT2D eigenvalue weighted by Gasteiger charge is 2.26. The van der Waals surface area contributed by atoms with Crippen molar-refractivity contribution in [3.8, 4) is 0 Å². The molecule has 1 fully saturated rings. The SMILES string of the molecule is C[C@@H]1C[C@H](C=O)CN(c2cnc3cnn(CC(F)F)c3n2)C1.